The third-order valence-corrected chi connectivity index (χ3v) is 4.72. The Labute approximate surface area is 181 Å². The quantitative estimate of drug-likeness (QED) is 0.447. The minimum atomic E-state index is -0.962. The van der Waals surface area contributed by atoms with E-state index in [1.54, 1.807) is 26.1 Å². The van der Waals surface area contributed by atoms with E-state index in [1.807, 2.05) is 24.3 Å². The molecule has 162 valence electrons. The normalized spacial score (nSPS) is 14.9. The Hall–Kier alpha value is -3.23. The molecule has 3 aromatic rings. The maximum atomic E-state index is 9.98. The molecule has 1 aliphatic rings. The topological polar surface area (TPSA) is 92.1 Å². The van der Waals surface area contributed by atoms with Crippen LogP contribution in [-0.4, -0.2) is 59.8 Å². The highest BCUT2D eigenvalue weighted by molar-refractivity contribution is 5.86. The Kier molecular flexibility index (Phi) is 6.29. The lowest BCUT2D eigenvalue weighted by molar-refractivity contribution is 0.0268. The number of anilines is 2. The molecule has 2 aromatic carbocycles. The van der Waals surface area contributed by atoms with Gasteiger partial charge in [0.15, 0.2) is 0 Å². The number of hydrazone groups is 1. The third-order valence-electron chi connectivity index (χ3n) is 4.72. The van der Waals surface area contributed by atoms with Gasteiger partial charge in [0.2, 0.25) is 11.8 Å². The van der Waals surface area contributed by atoms with Gasteiger partial charge < -0.3 is 19.5 Å². The summed E-state index contributed by atoms with van der Waals surface area (Å²) in [4.78, 5) is 11.2. The molecule has 0 amide bonds. The summed E-state index contributed by atoms with van der Waals surface area (Å²) in [7, 11) is 0. The van der Waals surface area contributed by atoms with Gasteiger partial charge in [0.25, 0.3) is 0 Å². The van der Waals surface area contributed by atoms with Crippen molar-refractivity contribution in [2.45, 2.75) is 19.4 Å². The van der Waals surface area contributed by atoms with Gasteiger partial charge in [-0.2, -0.15) is 10.1 Å². The maximum Gasteiger partial charge on any atom is 0.229 e. The fourth-order valence-electron chi connectivity index (χ4n) is 3.16. The Morgan fingerprint density at radius 1 is 1.13 bits per heavy atom. The Morgan fingerprint density at radius 2 is 1.90 bits per heavy atom. The second kappa shape index (κ2) is 9.28. The van der Waals surface area contributed by atoms with Crippen LogP contribution < -0.4 is 15.1 Å². The van der Waals surface area contributed by atoms with Crippen LogP contribution in [0.2, 0.25) is 0 Å². The minimum absolute atomic E-state index is 0.123. The van der Waals surface area contributed by atoms with Gasteiger partial charge in [-0.15, -0.1) is 0 Å². The highest BCUT2D eigenvalue weighted by atomic mass is 16.5. The van der Waals surface area contributed by atoms with Crippen LogP contribution in [0.4, 0.5) is 11.6 Å². The highest BCUT2D eigenvalue weighted by Crippen LogP contribution is 2.20. The van der Waals surface area contributed by atoms with Crippen molar-refractivity contribution in [2.75, 3.05) is 43.2 Å². The average Bonchev–Trinajstić information content (AvgIpc) is 2.78. The number of nitrogens with one attached hydrogen (secondary N) is 1. The Bertz CT molecular complexity index is 1060. The second-order valence-electron chi connectivity index (χ2n) is 8.06. The van der Waals surface area contributed by atoms with Crippen molar-refractivity contribution in [1.82, 2.24) is 9.97 Å². The number of hydrogen-bond acceptors (Lipinski definition) is 8. The predicted octanol–water partition coefficient (Wildman–Crippen LogP) is 3.06. The van der Waals surface area contributed by atoms with Crippen molar-refractivity contribution in [2.24, 2.45) is 5.10 Å². The molecule has 1 saturated heterocycles. The Balaban J connectivity index is 1.53. The van der Waals surface area contributed by atoms with Gasteiger partial charge in [-0.05, 0) is 36.8 Å². The molecule has 1 fully saturated rings. The van der Waals surface area contributed by atoms with Crippen molar-refractivity contribution in [1.29, 1.82) is 0 Å². The summed E-state index contributed by atoms with van der Waals surface area (Å²) in [5, 5.41) is 16.6. The van der Waals surface area contributed by atoms with Crippen molar-refractivity contribution in [3.8, 4) is 5.88 Å². The molecular weight excluding hydrogens is 394 g/mol. The van der Waals surface area contributed by atoms with E-state index >= 15 is 0 Å². The average molecular weight is 422 g/mol. The van der Waals surface area contributed by atoms with Gasteiger partial charge in [0, 0.05) is 19.2 Å². The summed E-state index contributed by atoms with van der Waals surface area (Å²) in [5.74, 6) is 0.953. The molecule has 2 heterocycles. The number of rotatable bonds is 7. The van der Waals surface area contributed by atoms with Crippen LogP contribution >= 0.6 is 0 Å². The lowest BCUT2D eigenvalue weighted by Crippen LogP contribution is -2.37. The minimum Gasteiger partial charge on any atom is -0.474 e. The second-order valence-corrected chi connectivity index (χ2v) is 8.06. The molecule has 2 N–H and O–H groups in total. The van der Waals surface area contributed by atoms with E-state index < -0.39 is 5.60 Å². The fraction of sp³-hybridized carbons (Fsp3) is 0.348. The van der Waals surface area contributed by atoms with E-state index in [1.165, 1.54) is 5.39 Å². The number of benzene rings is 2. The SMILES string of the molecule is CC(C)(O)COc1cc(C=NNc2ccc3ccccc3c2)nc(N2CCOCC2)n1. The summed E-state index contributed by atoms with van der Waals surface area (Å²) in [5.41, 5.74) is 3.58. The highest BCUT2D eigenvalue weighted by Gasteiger charge is 2.18. The number of ether oxygens (including phenoxy) is 2. The molecule has 4 rings (SSSR count). The smallest absolute Gasteiger partial charge is 0.229 e. The van der Waals surface area contributed by atoms with E-state index in [-0.39, 0.29) is 6.61 Å². The first kappa shape index (κ1) is 21.0. The van der Waals surface area contributed by atoms with Crippen LogP contribution in [0.15, 0.2) is 53.6 Å². The standard InChI is InChI=1S/C23H27N5O3/c1-23(2,29)16-31-21-14-20(25-22(26-21)28-9-11-30-12-10-28)15-24-27-19-8-7-17-5-3-4-6-18(17)13-19/h3-8,13-15,27,29H,9-12,16H2,1-2H3. The van der Waals surface area contributed by atoms with Crippen LogP contribution in [0.3, 0.4) is 0 Å². The molecule has 1 aromatic heterocycles. The van der Waals surface area contributed by atoms with Gasteiger partial charge in [-0.3, -0.25) is 5.43 Å². The summed E-state index contributed by atoms with van der Waals surface area (Å²) in [6.45, 7) is 6.18. The summed E-state index contributed by atoms with van der Waals surface area (Å²) >= 11 is 0. The number of fused-ring (bicyclic) bond motifs is 1. The van der Waals surface area contributed by atoms with Crippen LogP contribution in [0.25, 0.3) is 10.8 Å². The first-order valence-electron chi connectivity index (χ1n) is 10.3. The zero-order valence-corrected chi connectivity index (χ0v) is 17.8. The molecule has 31 heavy (non-hydrogen) atoms. The molecular formula is C23H27N5O3. The lowest BCUT2D eigenvalue weighted by Gasteiger charge is -2.27. The molecule has 0 saturated carbocycles. The molecule has 0 aliphatic carbocycles. The molecule has 0 radical (unpaired) electrons. The van der Waals surface area contributed by atoms with Crippen molar-refractivity contribution in [3.63, 3.8) is 0 Å². The molecule has 1 aliphatic heterocycles. The van der Waals surface area contributed by atoms with E-state index in [2.05, 4.69) is 43.6 Å². The molecule has 0 spiro atoms. The zero-order chi connectivity index (χ0) is 21.7. The van der Waals surface area contributed by atoms with Crippen LogP contribution in [0, 0.1) is 0 Å². The van der Waals surface area contributed by atoms with Gasteiger partial charge in [0.1, 0.15) is 6.61 Å². The zero-order valence-electron chi connectivity index (χ0n) is 17.8. The molecule has 8 nitrogen and oxygen atoms in total. The van der Waals surface area contributed by atoms with Gasteiger partial charge in [-0.25, -0.2) is 4.98 Å². The van der Waals surface area contributed by atoms with Gasteiger partial charge in [0.05, 0.1) is 36.4 Å². The molecule has 0 atom stereocenters. The van der Waals surface area contributed by atoms with Gasteiger partial charge >= 0.3 is 0 Å². The predicted molar refractivity (Wildman–Crippen MR) is 122 cm³/mol. The molecule has 8 heteroatoms. The first-order chi connectivity index (χ1) is 15.0. The van der Waals surface area contributed by atoms with Crippen molar-refractivity contribution in [3.05, 3.63) is 54.2 Å². The van der Waals surface area contributed by atoms with Crippen LogP contribution in [-0.2, 0) is 4.74 Å². The number of nitrogens with zero attached hydrogens (tertiary/aromatic N) is 4. The van der Waals surface area contributed by atoms with E-state index in [4.69, 9.17) is 9.47 Å². The lowest BCUT2D eigenvalue weighted by atomic mass is 10.1. The molecule has 0 unspecified atom stereocenters. The van der Waals surface area contributed by atoms with Crippen molar-refractivity contribution >= 4 is 28.6 Å². The van der Waals surface area contributed by atoms with E-state index in [9.17, 15) is 5.11 Å². The third kappa shape index (κ3) is 5.90. The van der Waals surface area contributed by atoms with Crippen LogP contribution in [0.1, 0.15) is 19.5 Å². The van der Waals surface area contributed by atoms with E-state index in [0.29, 0.717) is 43.8 Å². The monoisotopic (exact) mass is 421 g/mol. The van der Waals surface area contributed by atoms with Crippen LogP contribution in [0.5, 0.6) is 5.88 Å². The Morgan fingerprint density at radius 3 is 2.68 bits per heavy atom. The summed E-state index contributed by atoms with van der Waals surface area (Å²) in [6, 6.07) is 16.0. The summed E-state index contributed by atoms with van der Waals surface area (Å²) in [6.07, 6.45) is 1.64. The van der Waals surface area contributed by atoms with Crippen molar-refractivity contribution < 1.29 is 14.6 Å². The molecule has 0 bridgehead atoms. The number of hydrogen-bond donors (Lipinski definition) is 2. The maximum absolute atomic E-state index is 9.98. The number of aromatic nitrogens is 2. The largest absolute Gasteiger partial charge is 0.474 e. The van der Waals surface area contributed by atoms with Gasteiger partial charge in [-0.1, -0.05) is 30.3 Å². The summed E-state index contributed by atoms with van der Waals surface area (Å²) < 4.78 is 11.1. The number of aliphatic hydroxyl groups is 1. The fourth-order valence-corrected chi connectivity index (χ4v) is 3.16. The first-order valence-corrected chi connectivity index (χ1v) is 10.3. The number of morpholine rings is 1. The van der Waals surface area contributed by atoms with E-state index in [0.717, 1.165) is 11.1 Å².